The maximum Gasteiger partial charge on any atom is 0.323 e. The molecule has 4 nitrogen and oxygen atoms in total. The van der Waals surface area contributed by atoms with Gasteiger partial charge in [0.15, 0.2) is 0 Å². The van der Waals surface area contributed by atoms with Crippen LogP contribution in [0.2, 0.25) is 0 Å². The van der Waals surface area contributed by atoms with Crippen LogP contribution in [-0.4, -0.2) is 6.03 Å². The van der Waals surface area contributed by atoms with E-state index < -0.39 is 0 Å². The van der Waals surface area contributed by atoms with Crippen LogP contribution in [0.5, 0.6) is 11.5 Å². The average Bonchev–Trinajstić information content (AvgIpc) is 2.55. The summed E-state index contributed by atoms with van der Waals surface area (Å²) in [7, 11) is 0. The van der Waals surface area contributed by atoms with Gasteiger partial charge < -0.3 is 15.4 Å². The summed E-state index contributed by atoms with van der Waals surface area (Å²) in [5.41, 5.74) is 1.82. The highest BCUT2D eigenvalue weighted by Crippen LogP contribution is 2.22. The third-order valence-electron chi connectivity index (χ3n) is 3.10. The monoisotopic (exact) mass is 296 g/mol. The van der Waals surface area contributed by atoms with E-state index in [0.29, 0.717) is 5.69 Å². The third-order valence-corrected chi connectivity index (χ3v) is 3.10. The van der Waals surface area contributed by atoms with E-state index in [-0.39, 0.29) is 6.03 Å². The Morgan fingerprint density at radius 1 is 1.05 bits per heavy atom. The molecule has 0 bridgehead atoms. The number of allylic oxidation sites excluding steroid dienone is 1. The van der Waals surface area contributed by atoms with Crippen LogP contribution in [0.25, 0.3) is 0 Å². The molecule has 0 radical (unpaired) electrons. The number of amides is 2. The molecule has 2 aromatic carbocycles. The van der Waals surface area contributed by atoms with Gasteiger partial charge in [0, 0.05) is 11.9 Å². The minimum atomic E-state index is -0.260. The van der Waals surface area contributed by atoms with Gasteiger partial charge in [0.25, 0.3) is 0 Å². The Morgan fingerprint density at radius 2 is 1.68 bits per heavy atom. The maximum absolute atomic E-state index is 11.7. The molecule has 0 heterocycles. The molecule has 2 N–H and O–H groups in total. The third kappa shape index (κ3) is 4.98. The van der Waals surface area contributed by atoms with Crippen LogP contribution in [0.4, 0.5) is 10.5 Å². The van der Waals surface area contributed by atoms with Gasteiger partial charge >= 0.3 is 6.03 Å². The van der Waals surface area contributed by atoms with Gasteiger partial charge in [-0.3, -0.25) is 0 Å². The fourth-order valence-corrected chi connectivity index (χ4v) is 1.69. The van der Waals surface area contributed by atoms with Gasteiger partial charge in [0.05, 0.1) is 0 Å². The molecular formula is C18H20N2O2. The number of rotatable bonds is 5. The molecule has 4 heteroatoms. The summed E-state index contributed by atoms with van der Waals surface area (Å²) < 4.78 is 5.69. The molecular weight excluding hydrogens is 276 g/mol. The molecule has 0 unspecified atom stereocenters. The fraction of sp³-hybridized carbons (Fsp3) is 0.167. The van der Waals surface area contributed by atoms with Crippen molar-refractivity contribution in [2.24, 2.45) is 0 Å². The molecule has 2 rings (SSSR count). The number of urea groups is 1. The van der Waals surface area contributed by atoms with Gasteiger partial charge in [-0.2, -0.15) is 0 Å². The topological polar surface area (TPSA) is 50.4 Å². The van der Waals surface area contributed by atoms with Crippen LogP contribution in [-0.2, 0) is 0 Å². The first-order valence-corrected chi connectivity index (χ1v) is 7.23. The van der Waals surface area contributed by atoms with Gasteiger partial charge in [-0.15, -0.1) is 0 Å². The summed E-state index contributed by atoms with van der Waals surface area (Å²) in [6, 6.07) is 16.5. The van der Waals surface area contributed by atoms with Gasteiger partial charge in [0.2, 0.25) is 0 Å². The van der Waals surface area contributed by atoms with Crippen LogP contribution < -0.4 is 15.4 Å². The summed E-state index contributed by atoms with van der Waals surface area (Å²) >= 11 is 0. The number of carbonyl (C=O) groups excluding carboxylic acids is 1. The molecule has 0 saturated heterocycles. The van der Waals surface area contributed by atoms with Crippen molar-refractivity contribution in [3.63, 3.8) is 0 Å². The molecule has 0 saturated carbocycles. The molecule has 2 aromatic rings. The average molecular weight is 296 g/mol. The van der Waals surface area contributed by atoms with Gasteiger partial charge in [-0.25, -0.2) is 4.79 Å². The largest absolute Gasteiger partial charge is 0.457 e. The van der Waals surface area contributed by atoms with E-state index in [1.807, 2.05) is 56.3 Å². The number of ether oxygens (including phenoxy) is 1. The molecule has 0 spiro atoms. The van der Waals surface area contributed by atoms with E-state index in [1.165, 1.54) is 0 Å². The smallest absolute Gasteiger partial charge is 0.323 e. The predicted molar refractivity (Wildman–Crippen MR) is 89.2 cm³/mol. The van der Waals surface area contributed by atoms with Crippen LogP contribution in [0, 0.1) is 0 Å². The zero-order chi connectivity index (χ0) is 15.8. The van der Waals surface area contributed by atoms with Crippen LogP contribution in [0.3, 0.4) is 0 Å². The number of para-hydroxylation sites is 1. The molecule has 0 aliphatic heterocycles. The SMILES string of the molecule is CC/C(C)=C/NC(=O)Nc1ccc(Oc2ccccc2)cc1. The van der Waals surface area contributed by atoms with Crippen molar-refractivity contribution >= 4 is 11.7 Å². The number of benzene rings is 2. The van der Waals surface area contributed by atoms with Crippen molar-refractivity contribution in [1.82, 2.24) is 5.32 Å². The lowest BCUT2D eigenvalue weighted by Crippen LogP contribution is -2.24. The highest BCUT2D eigenvalue weighted by Gasteiger charge is 2.01. The minimum Gasteiger partial charge on any atom is -0.457 e. The predicted octanol–water partition coefficient (Wildman–Crippen LogP) is 4.91. The Balaban J connectivity index is 1.90. The number of hydrogen-bond donors (Lipinski definition) is 2. The van der Waals surface area contributed by atoms with Crippen LogP contribution >= 0.6 is 0 Å². The highest BCUT2D eigenvalue weighted by molar-refractivity contribution is 5.89. The Bertz CT molecular complexity index is 634. The minimum absolute atomic E-state index is 0.260. The second-order valence-corrected chi connectivity index (χ2v) is 4.88. The molecule has 0 aromatic heterocycles. The van der Waals surface area contributed by atoms with E-state index in [1.54, 1.807) is 18.3 Å². The number of anilines is 1. The molecule has 2 amide bonds. The molecule has 114 valence electrons. The van der Waals surface area contributed by atoms with Crippen molar-refractivity contribution in [2.45, 2.75) is 20.3 Å². The quantitative estimate of drug-likeness (QED) is 0.823. The van der Waals surface area contributed by atoms with E-state index >= 15 is 0 Å². The normalized spacial score (nSPS) is 10.9. The summed E-state index contributed by atoms with van der Waals surface area (Å²) in [6.07, 6.45) is 2.62. The number of carbonyl (C=O) groups is 1. The standard InChI is InChI=1S/C18H20N2O2/c1-3-14(2)13-19-18(21)20-15-9-11-17(12-10-15)22-16-7-5-4-6-8-16/h4-13H,3H2,1-2H3,(H2,19,20,21)/b14-13+. The van der Waals surface area contributed by atoms with E-state index in [4.69, 9.17) is 4.74 Å². The summed E-state index contributed by atoms with van der Waals surface area (Å²) in [5.74, 6) is 1.50. The lowest BCUT2D eigenvalue weighted by atomic mass is 10.2. The van der Waals surface area contributed by atoms with E-state index in [9.17, 15) is 4.79 Å². The number of hydrogen-bond acceptors (Lipinski definition) is 2. The van der Waals surface area contributed by atoms with Crippen molar-refractivity contribution in [3.05, 3.63) is 66.4 Å². The summed E-state index contributed by atoms with van der Waals surface area (Å²) in [6.45, 7) is 4.01. The van der Waals surface area contributed by atoms with E-state index in [0.717, 1.165) is 23.5 Å². The Kier molecular flexibility index (Phi) is 5.60. The summed E-state index contributed by atoms with van der Waals surface area (Å²) in [4.78, 5) is 11.7. The van der Waals surface area contributed by atoms with Gasteiger partial charge in [0.1, 0.15) is 11.5 Å². The first-order valence-electron chi connectivity index (χ1n) is 7.23. The van der Waals surface area contributed by atoms with Gasteiger partial charge in [-0.05, 0) is 49.7 Å². The van der Waals surface area contributed by atoms with Gasteiger partial charge in [-0.1, -0.05) is 30.7 Å². The first-order chi connectivity index (χ1) is 10.7. The summed E-state index contributed by atoms with van der Waals surface area (Å²) in [5, 5.41) is 5.46. The lowest BCUT2D eigenvalue weighted by Gasteiger charge is -2.08. The maximum atomic E-state index is 11.7. The number of nitrogens with one attached hydrogen (secondary N) is 2. The Labute approximate surface area is 130 Å². The lowest BCUT2D eigenvalue weighted by molar-refractivity contribution is 0.255. The van der Waals surface area contributed by atoms with Crippen LogP contribution in [0.1, 0.15) is 20.3 Å². The molecule has 0 atom stereocenters. The zero-order valence-corrected chi connectivity index (χ0v) is 12.8. The first kappa shape index (κ1) is 15.6. The van der Waals surface area contributed by atoms with Crippen molar-refractivity contribution in [3.8, 4) is 11.5 Å². The van der Waals surface area contributed by atoms with Crippen molar-refractivity contribution in [2.75, 3.05) is 5.32 Å². The second kappa shape index (κ2) is 7.88. The van der Waals surface area contributed by atoms with E-state index in [2.05, 4.69) is 10.6 Å². The van der Waals surface area contributed by atoms with Crippen LogP contribution in [0.15, 0.2) is 66.4 Å². The molecule has 0 aliphatic rings. The van der Waals surface area contributed by atoms with Crippen molar-refractivity contribution in [1.29, 1.82) is 0 Å². The zero-order valence-electron chi connectivity index (χ0n) is 12.8. The molecule has 0 fully saturated rings. The fourth-order valence-electron chi connectivity index (χ4n) is 1.69. The second-order valence-electron chi connectivity index (χ2n) is 4.88. The molecule has 22 heavy (non-hydrogen) atoms. The highest BCUT2D eigenvalue weighted by atomic mass is 16.5. The molecule has 0 aliphatic carbocycles. The Morgan fingerprint density at radius 3 is 2.32 bits per heavy atom. The van der Waals surface area contributed by atoms with Crippen molar-refractivity contribution < 1.29 is 9.53 Å². The Hall–Kier alpha value is -2.75.